The van der Waals surface area contributed by atoms with Crippen LogP contribution in [0.2, 0.25) is 0 Å². The first-order valence-corrected chi connectivity index (χ1v) is 10.4. The summed E-state index contributed by atoms with van der Waals surface area (Å²) in [6.45, 7) is 14.0. The van der Waals surface area contributed by atoms with E-state index in [1.807, 2.05) is 34.6 Å². The fourth-order valence-corrected chi connectivity index (χ4v) is 8.61. The van der Waals surface area contributed by atoms with E-state index in [1.165, 1.54) is 0 Å². The quantitative estimate of drug-likeness (QED) is 0.765. The molecule has 2 aliphatic rings. The third kappa shape index (κ3) is 2.44. The van der Waals surface area contributed by atoms with Gasteiger partial charge in [0.15, 0.2) is 0 Å². The van der Waals surface area contributed by atoms with Gasteiger partial charge in [-0.25, -0.2) is 8.42 Å². The summed E-state index contributed by atoms with van der Waals surface area (Å²) in [7, 11) is -3.42. The Balaban J connectivity index is 2.50. The molecular weight excluding hydrogens is 308 g/mol. The predicted molar refractivity (Wildman–Crippen MR) is 93.2 cm³/mol. The van der Waals surface area contributed by atoms with Crippen LogP contribution < -0.4 is 0 Å². The molecule has 132 valence electrons. The Kier molecular flexibility index (Phi) is 4.44. The molecule has 0 aromatic heterocycles. The zero-order chi connectivity index (χ0) is 17.8. The van der Waals surface area contributed by atoms with E-state index in [2.05, 4.69) is 19.9 Å². The minimum Gasteiger partial charge on any atom is -0.212 e. The molecule has 0 spiro atoms. The molecule has 4 nitrogen and oxygen atoms in total. The van der Waals surface area contributed by atoms with Crippen LogP contribution in [0.15, 0.2) is 0 Å². The van der Waals surface area contributed by atoms with Crippen LogP contribution in [0.1, 0.15) is 67.7 Å². The van der Waals surface area contributed by atoms with Crippen molar-refractivity contribution in [2.24, 2.45) is 22.2 Å². The summed E-state index contributed by atoms with van der Waals surface area (Å²) in [5, 5.41) is 9.84. The first kappa shape index (κ1) is 18.7. The van der Waals surface area contributed by atoms with Crippen LogP contribution in [-0.2, 0) is 10.0 Å². The standard InChI is InChI=1S/C18H32N2O2S/c1-13(2)20(14(3)4)23(21,22)12-18-9-8-15(16(18,5)6)10-17(18,7)11-19/h13-15H,8-10,12H2,1-7H3. The van der Waals surface area contributed by atoms with Crippen molar-refractivity contribution in [2.45, 2.75) is 79.8 Å². The maximum absolute atomic E-state index is 13.3. The van der Waals surface area contributed by atoms with Crippen molar-refractivity contribution < 1.29 is 8.42 Å². The van der Waals surface area contributed by atoms with E-state index in [4.69, 9.17) is 0 Å². The van der Waals surface area contributed by atoms with Crippen molar-refractivity contribution in [2.75, 3.05) is 5.75 Å². The lowest BCUT2D eigenvalue weighted by Crippen LogP contribution is -2.52. The van der Waals surface area contributed by atoms with Gasteiger partial charge in [-0.1, -0.05) is 13.8 Å². The molecule has 2 bridgehead atoms. The number of hydrogen-bond donors (Lipinski definition) is 0. The van der Waals surface area contributed by atoms with Gasteiger partial charge in [-0.2, -0.15) is 9.57 Å². The van der Waals surface area contributed by atoms with Gasteiger partial charge in [0.1, 0.15) is 0 Å². The Morgan fingerprint density at radius 1 is 1.17 bits per heavy atom. The van der Waals surface area contributed by atoms with E-state index in [9.17, 15) is 13.7 Å². The smallest absolute Gasteiger partial charge is 0.212 e. The first-order valence-electron chi connectivity index (χ1n) is 8.77. The van der Waals surface area contributed by atoms with Crippen molar-refractivity contribution in [3.05, 3.63) is 0 Å². The molecule has 0 aliphatic heterocycles. The summed E-state index contributed by atoms with van der Waals surface area (Å²) in [5.74, 6) is 0.554. The summed E-state index contributed by atoms with van der Waals surface area (Å²) in [6, 6.07) is 2.38. The number of nitrogens with zero attached hydrogens (tertiary/aromatic N) is 2. The number of hydrogen-bond acceptors (Lipinski definition) is 3. The summed E-state index contributed by atoms with van der Waals surface area (Å²) in [5.41, 5.74) is -1.10. The van der Waals surface area contributed by atoms with Crippen LogP contribution >= 0.6 is 0 Å². The summed E-state index contributed by atoms with van der Waals surface area (Å²) < 4.78 is 28.1. The molecular formula is C18H32N2O2S. The highest BCUT2D eigenvalue weighted by atomic mass is 32.2. The second kappa shape index (κ2) is 5.46. The molecule has 23 heavy (non-hydrogen) atoms. The van der Waals surface area contributed by atoms with Crippen molar-refractivity contribution >= 4 is 10.0 Å². The van der Waals surface area contributed by atoms with Crippen molar-refractivity contribution in [3.8, 4) is 6.07 Å². The Hall–Kier alpha value is -0.600. The maximum atomic E-state index is 13.3. The minimum atomic E-state index is -3.42. The molecule has 0 amide bonds. The van der Waals surface area contributed by atoms with Gasteiger partial charge in [-0.3, -0.25) is 0 Å². The van der Waals surface area contributed by atoms with Gasteiger partial charge in [0.2, 0.25) is 10.0 Å². The SMILES string of the molecule is CC(C)N(C(C)C)S(=O)(=O)CC12CCC(CC1(C)C#N)C2(C)C. The molecule has 0 heterocycles. The van der Waals surface area contributed by atoms with Gasteiger partial charge in [-0.05, 0) is 65.2 Å². The van der Waals surface area contributed by atoms with Crippen LogP contribution in [0, 0.1) is 33.5 Å². The van der Waals surface area contributed by atoms with Crippen LogP contribution in [-0.4, -0.2) is 30.6 Å². The van der Waals surface area contributed by atoms with Crippen LogP contribution in [0.3, 0.4) is 0 Å². The topological polar surface area (TPSA) is 61.2 Å². The molecule has 2 fully saturated rings. The Morgan fingerprint density at radius 2 is 1.70 bits per heavy atom. The molecule has 0 radical (unpaired) electrons. The molecule has 0 aromatic rings. The van der Waals surface area contributed by atoms with E-state index in [1.54, 1.807) is 4.31 Å². The summed E-state index contributed by atoms with van der Waals surface area (Å²) in [4.78, 5) is 0. The number of rotatable bonds is 5. The van der Waals surface area contributed by atoms with E-state index in [-0.39, 0.29) is 23.3 Å². The van der Waals surface area contributed by atoms with Crippen molar-refractivity contribution in [1.29, 1.82) is 5.26 Å². The van der Waals surface area contributed by atoms with Gasteiger partial charge in [-0.15, -0.1) is 0 Å². The second-order valence-electron chi connectivity index (χ2n) is 8.96. The Labute approximate surface area is 142 Å². The van der Waals surface area contributed by atoms with Gasteiger partial charge in [0.05, 0.1) is 17.2 Å². The monoisotopic (exact) mass is 340 g/mol. The number of sulfonamides is 1. The molecule has 0 aromatic carbocycles. The number of nitriles is 1. The van der Waals surface area contributed by atoms with E-state index >= 15 is 0 Å². The lowest BCUT2D eigenvalue weighted by Gasteiger charge is -2.46. The lowest BCUT2D eigenvalue weighted by atomic mass is 9.60. The Bertz CT molecular complexity index is 609. The predicted octanol–water partition coefficient (Wildman–Crippen LogP) is 3.79. The average molecular weight is 341 g/mol. The van der Waals surface area contributed by atoms with Gasteiger partial charge < -0.3 is 0 Å². The van der Waals surface area contributed by atoms with Crippen LogP contribution in [0.5, 0.6) is 0 Å². The van der Waals surface area contributed by atoms with Gasteiger partial charge >= 0.3 is 0 Å². The van der Waals surface area contributed by atoms with Crippen molar-refractivity contribution in [1.82, 2.24) is 4.31 Å². The largest absolute Gasteiger partial charge is 0.215 e. The average Bonchev–Trinajstić information content (AvgIpc) is 2.69. The molecule has 2 rings (SSSR count). The van der Waals surface area contributed by atoms with E-state index < -0.39 is 20.9 Å². The molecule has 5 heteroatoms. The molecule has 2 saturated carbocycles. The molecule has 3 atom stereocenters. The second-order valence-corrected chi connectivity index (χ2v) is 10.8. The van der Waals surface area contributed by atoms with Gasteiger partial charge in [0.25, 0.3) is 0 Å². The van der Waals surface area contributed by atoms with Gasteiger partial charge in [0, 0.05) is 17.5 Å². The summed E-state index contributed by atoms with van der Waals surface area (Å²) in [6.07, 6.45) is 2.72. The summed E-state index contributed by atoms with van der Waals surface area (Å²) >= 11 is 0. The third-order valence-corrected chi connectivity index (χ3v) is 9.24. The molecule has 0 saturated heterocycles. The van der Waals surface area contributed by atoms with Crippen molar-refractivity contribution in [3.63, 3.8) is 0 Å². The zero-order valence-electron chi connectivity index (χ0n) is 15.7. The Morgan fingerprint density at radius 3 is 2.09 bits per heavy atom. The van der Waals surface area contributed by atoms with Crippen LogP contribution in [0.25, 0.3) is 0 Å². The highest BCUT2D eigenvalue weighted by Crippen LogP contribution is 2.73. The highest BCUT2D eigenvalue weighted by Gasteiger charge is 2.70. The third-order valence-electron chi connectivity index (χ3n) is 6.90. The first-order chi connectivity index (χ1) is 10.3. The number of fused-ring (bicyclic) bond motifs is 2. The van der Waals surface area contributed by atoms with E-state index in [0.717, 1.165) is 19.3 Å². The fourth-order valence-electron chi connectivity index (χ4n) is 5.72. The molecule has 0 N–H and O–H groups in total. The lowest BCUT2D eigenvalue weighted by molar-refractivity contribution is 0.0714. The van der Waals surface area contributed by atoms with E-state index in [0.29, 0.717) is 5.92 Å². The molecule has 3 unspecified atom stereocenters. The highest BCUT2D eigenvalue weighted by molar-refractivity contribution is 7.89. The minimum absolute atomic E-state index is 0.0635. The fraction of sp³-hybridized carbons (Fsp3) is 0.944. The maximum Gasteiger partial charge on any atom is 0.215 e. The molecule has 2 aliphatic carbocycles. The zero-order valence-corrected chi connectivity index (χ0v) is 16.5. The van der Waals surface area contributed by atoms with Crippen LogP contribution in [0.4, 0.5) is 0 Å². The normalized spacial score (nSPS) is 36.1.